The number of hydrogen-bond donors (Lipinski definition) is 3. The zero-order valence-corrected chi connectivity index (χ0v) is 21.2. The molecule has 172 valence electrons. The fourth-order valence-electron chi connectivity index (χ4n) is 2.60. The van der Waals surface area contributed by atoms with Crippen LogP contribution in [0.2, 0.25) is 0 Å². The topological polar surface area (TPSA) is 126 Å². The number of sulfonamides is 1. The van der Waals surface area contributed by atoms with Crippen LogP contribution in [0.3, 0.4) is 0 Å². The molecule has 9 nitrogen and oxygen atoms in total. The van der Waals surface area contributed by atoms with E-state index in [4.69, 9.17) is 0 Å². The molecule has 1 aromatic rings. The van der Waals surface area contributed by atoms with Gasteiger partial charge in [-0.15, -0.1) is 24.0 Å². The lowest BCUT2D eigenvalue weighted by atomic mass is 10.0. The number of nitro benzene ring substituents is 1. The van der Waals surface area contributed by atoms with Gasteiger partial charge in [0.2, 0.25) is 10.0 Å². The molecule has 1 aromatic carbocycles. The number of aliphatic imine (C=N–C) groups is 1. The Kier molecular flexibility index (Phi) is 13.8. The van der Waals surface area contributed by atoms with Gasteiger partial charge in [-0.1, -0.05) is 38.8 Å². The van der Waals surface area contributed by atoms with Gasteiger partial charge in [0.1, 0.15) is 0 Å². The Morgan fingerprint density at radius 2 is 1.77 bits per heavy atom. The summed E-state index contributed by atoms with van der Waals surface area (Å²) in [6, 6.07) is 6.47. The van der Waals surface area contributed by atoms with Crippen molar-refractivity contribution in [1.82, 2.24) is 15.4 Å². The maximum atomic E-state index is 11.2. The SMILES string of the molecule is CC(C)CCCC(C)NC(=NCc1ccc([N+](=O)[O-])cc1)NCCNS(C)(=O)=O.I. The third kappa shape index (κ3) is 13.7. The molecule has 0 saturated carbocycles. The fraction of sp³-hybridized carbons (Fsp3) is 0.632. The van der Waals surface area contributed by atoms with Crippen molar-refractivity contribution >= 4 is 45.6 Å². The van der Waals surface area contributed by atoms with E-state index in [9.17, 15) is 18.5 Å². The molecule has 0 aliphatic heterocycles. The Hall–Kier alpha value is -1.47. The minimum atomic E-state index is -3.24. The van der Waals surface area contributed by atoms with Gasteiger partial charge in [0, 0.05) is 31.3 Å². The van der Waals surface area contributed by atoms with Gasteiger partial charge in [-0.25, -0.2) is 18.1 Å². The van der Waals surface area contributed by atoms with Crippen molar-refractivity contribution in [2.45, 2.75) is 52.6 Å². The van der Waals surface area contributed by atoms with Crippen LogP contribution in [-0.4, -0.2) is 44.7 Å². The van der Waals surface area contributed by atoms with E-state index >= 15 is 0 Å². The van der Waals surface area contributed by atoms with Gasteiger partial charge in [0.05, 0.1) is 17.7 Å². The molecule has 30 heavy (non-hydrogen) atoms. The Bertz CT molecular complexity index is 770. The molecule has 0 aliphatic rings. The average molecular weight is 555 g/mol. The highest BCUT2D eigenvalue weighted by Gasteiger charge is 2.08. The number of nitrogens with one attached hydrogen (secondary N) is 3. The lowest BCUT2D eigenvalue weighted by Gasteiger charge is -2.19. The standard InChI is InChI=1S/C19H33N5O4S.HI/c1-15(2)6-5-7-16(3)23-19(20-12-13-22-29(4,27)28)21-14-17-8-10-18(11-9-17)24(25)26;/h8-11,15-16,22H,5-7,12-14H2,1-4H3,(H2,20,21,23);1H. The predicted molar refractivity (Wildman–Crippen MR) is 132 cm³/mol. The molecule has 11 heteroatoms. The summed E-state index contributed by atoms with van der Waals surface area (Å²) >= 11 is 0. The number of hydrogen-bond acceptors (Lipinski definition) is 5. The second-order valence-electron chi connectivity index (χ2n) is 7.55. The Balaban J connectivity index is 0.00000841. The zero-order chi connectivity index (χ0) is 21.9. The molecule has 0 aliphatic carbocycles. The van der Waals surface area contributed by atoms with Crippen LogP contribution in [0.25, 0.3) is 0 Å². The molecular formula is C19H34IN5O4S. The summed E-state index contributed by atoms with van der Waals surface area (Å²) in [5.74, 6) is 1.24. The second kappa shape index (κ2) is 14.5. The van der Waals surface area contributed by atoms with E-state index < -0.39 is 14.9 Å². The summed E-state index contributed by atoms with van der Waals surface area (Å²) in [7, 11) is -3.24. The van der Waals surface area contributed by atoms with Crippen molar-refractivity contribution in [3.63, 3.8) is 0 Å². The molecule has 3 N–H and O–H groups in total. The summed E-state index contributed by atoms with van der Waals surface area (Å²) in [6.07, 6.45) is 4.38. The lowest BCUT2D eigenvalue weighted by Crippen LogP contribution is -2.44. The molecule has 0 heterocycles. The van der Waals surface area contributed by atoms with E-state index in [0.29, 0.717) is 25.0 Å². The minimum Gasteiger partial charge on any atom is -0.355 e. The number of guanidine groups is 1. The average Bonchev–Trinajstić information content (AvgIpc) is 2.62. The number of nitro groups is 1. The van der Waals surface area contributed by atoms with Crippen LogP contribution in [-0.2, 0) is 16.6 Å². The van der Waals surface area contributed by atoms with Crippen molar-refractivity contribution in [2.75, 3.05) is 19.3 Å². The summed E-state index contributed by atoms with van der Waals surface area (Å²) in [5.41, 5.74) is 0.887. The summed E-state index contributed by atoms with van der Waals surface area (Å²) in [5, 5.41) is 17.2. The first-order valence-electron chi connectivity index (χ1n) is 9.79. The maximum absolute atomic E-state index is 11.2. The van der Waals surface area contributed by atoms with E-state index in [1.165, 1.54) is 12.1 Å². The van der Waals surface area contributed by atoms with Crippen LogP contribution in [0.15, 0.2) is 29.3 Å². The fourth-order valence-corrected chi connectivity index (χ4v) is 3.07. The van der Waals surface area contributed by atoms with E-state index in [2.05, 4.69) is 41.1 Å². The molecule has 0 bridgehead atoms. The van der Waals surface area contributed by atoms with E-state index in [0.717, 1.165) is 31.1 Å². The maximum Gasteiger partial charge on any atom is 0.269 e. The van der Waals surface area contributed by atoms with Gasteiger partial charge in [0.25, 0.3) is 5.69 Å². The van der Waals surface area contributed by atoms with E-state index in [1.807, 2.05) is 0 Å². The van der Waals surface area contributed by atoms with Gasteiger partial charge < -0.3 is 10.6 Å². The predicted octanol–water partition coefficient (Wildman–Crippen LogP) is 3.01. The first-order chi connectivity index (χ1) is 13.6. The second-order valence-corrected chi connectivity index (χ2v) is 9.38. The van der Waals surface area contributed by atoms with Crippen molar-refractivity contribution < 1.29 is 13.3 Å². The first kappa shape index (κ1) is 28.5. The molecule has 0 radical (unpaired) electrons. The van der Waals surface area contributed by atoms with E-state index in [1.54, 1.807) is 12.1 Å². The number of benzene rings is 1. The smallest absolute Gasteiger partial charge is 0.269 e. The van der Waals surface area contributed by atoms with Crippen LogP contribution in [0.4, 0.5) is 5.69 Å². The molecule has 0 amide bonds. The van der Waals surface area contributed by atoms with Crippen LogP contribution in [0, 0.1) is 16.0 Å². The highest BCUT2D eigenvalue weighted by Crippen LogP contribution is 2.12. The van der Waals surface area contributed by atoms with Crippen molar-refractivity contribution in [3.05, 3.63) is 39.9 Å². The van der Waals surface area contributed by atoms with Gasteiger partial charge in [-0.05, 0) is 24.8 Å². The van der Waals surface area contributed by atoms with E-state index in [-0.39, 0.29) is 42.3 Å². The molecule has 0 saturated heterocycles. The molecule has 0 aromatic heterocycles. The quantitative estimate of drug-likeness (QED) is 0.0910. The largest absolute Gasteiger partial charge is 0.355 e. The molecule has 1 unspecified atom stereocenters. The van der Waals surface area contributed by atoms with Gasteiger partial charge in [-0.2, -0.15) is 0 Å². The van der Waals surface area contributed by atoms with Crippen molar-refractivity contribution in [2.24, 2.45) is 10.9 Å². The monoisotopic (exact) mass is 555 g/mol. The molecular weight excluding hydrogens is 521 g/mol. The molecule has 1 rings (SSSR count). The Labute approximate surface area is 196 Å². The van der Waals surface area contributed by atoms with Crippen molar-refractivity contribution in [1.29, 1.82) is 0 Å². The van der Waals surface area contributed by atoms with Gasteiger partial charge >= 0.3 is 0 Å². The normalized spacial score (nSPS) is 12.9. The number of rotatable bonds is 12. The number of halogens is 1. The van der Waals surface area contributed by atoms with Gasteiger partial charge in [0.15, 0.2) is 5.96 Å². The molecule has 1 atom stereocenters. The summed E-state index contributed by atoms with van der Waals surface area (Å²) < 4.78 is 24.8. The van der Waals surface area contributed by atoms with Crippen LogP contribution >= 0.6 is 24.0 Å². The Morgan fingerprint density at radius 1 is 1.13 bits per heavy atom. The first-order valence-corrected chi connectivity index (χ1v) is 11.7. The number of non-ortho nitro benzene ring substituents is 1. The highest BCUT2D eigenvalue weighted by molar-refractivity contribution is 14.0. The summed E-state index contributed by atoms with van der Waals surface area (Å²) in [6.45, 7) is 7.47. The third-order valence-electron chi connectivity index (χ3n) is 4.15. The van der Waals surface area contributed by atoms with Crippen LogP contribution < -0.4 is 15.4 Å². The summed E-state index contributed by atoms with van der Waals surface area (Å²) in [4.78, 5) is 14.9. The molecule has 0 fully saturated rings. The highest BCUT2D eigenvalue weighted by atomic mass is 127. The number of nitrogens with zero attached hydrogens (tertiary/aromatic N) is 2. The van der Waals surface area contributed by atoms with Gasteiger partial charge in [-0.3, -0.25) is 10.1 Å². The van der Waals surface area contributed by atoms with Crippen molar-refractivity contribution in [3.8, 4) is 0 Å². The minimum absolute atomic E-state index is 0. The zero-order valence-electron chi connectivity index (χ0n) is 18.1. The van der Waals surface area contributed by atoms with Crippen LogP contribution in [0.1, 0.15) is 45.6 Å². The Morgan fingerprint density at radius 3 is 2.30 bits per heavy atom. The van der Waals surface area contributed by atoms with Crippen LogP contribution in [0.5, 0.6) is 0 Å². The molecule has 0 spiro atoms. The lowest BCUT2D eigenvalue weighted by molar-refractivity contribution is -0.384. The third-order valence-corrected chi connectivity index (χ3v) is 4.88.